The summed E-state index contributed by atoms with van der Waals surface area (Å²) in [6.07, 6.45) is 0. The van der Waals surface area contributed by atoms with Crippen LogP contribution < -0.4 is 10.6 Å². The lowest BCUT2D eigenvalue weighted by molar-refractivity contribution is 0.102. The molecule has 0 saturated carbocycles. The minimum Gasteiger partial charge on any atom is -0.322 e. The molecule has 2 N–H and O–H groups in total. The summed E-state index contributed by atoms with van der Waals surface area (Å²) in [6.45, 7) is 0. The van der Waals surface area contributed by atoms with Gasteiger partial charge in [-0.15, -0.1) is 0 Å². The number of nitrogens with one attached hydrogen (secondary N) is 2. The fraction of sp³-hybridized carbons (Fsp3) is 0. The van der Waals surface area contributed by atoms with Crippen molar-refractivity contribution in [1.29, 1.82) is 0 Å². The summed E-state index contributed by atoms with van der Waals surface area (Å²) in [7, 11) is 0. The molecule has 0 heterocycles. The van der Waals surface area contributed by atoms with E-state index in [0.29, 0.717) is 11.8 Å². The minimum atomic E-state index is -1.70. The van der Waals surface area contributed by atoms with Gasteiger partial charge in [0.05, 0.1) is 5.69 Å². The first kappa shape index (κ1) is 19.1. The molecular formula is C20H12F4N2O2. The van der Waals surface area contributed by atoms with E-state index in [1.807, 2.05) is 0 Å². The maximum Gasteiger partial charge on any atom is 0.255 e. The summed E-state index contributed by atoms with van der Waals surface area (Å²) in [5, 5.41) is 4.66. The minimum absolute atomic E-state index is 0.00381. The predicted octanol–water partition coefficient (Wildman–Crippen LogP) is 4.75. The number of anilines is 2. The molecule has 4 nitrogen and oxygen atoms in total. The van der Waals surface area contributed by atoms with Gasteiger partial charge >= 0.3 is 0 Å². The molecule has 0 unspecified atom stereocenters. The van der Waals surface area contributed by atoms with Crippen molar-refractivity contribution in [2.75, 3.05) is 10.6 Å². The molecule has 3 aromatic carbocycles. The lowest BCUT2D eigenvalue weighted by atomic mass is 10.1. The van der Waals surface area contributed by atoms with Gasteiger partial charge in [0.1, 0.15) is 5.82 Å². The van der Waals surface area contributed by atoms with Crippen LogP contribution in [0.15, 0.2) is 60.7 Å². The van der Waals surface area contributed by atoms with Crippen molar-refractivity contribution in [3.05, 3.63) is 95.1 Å². The maximum atomic E-state index is 13.7. The highest BCUT2D eigenvalue weighted by Crippen LogP contribution is 2.20. The molecule has 0 fully saturated rings. The Kier molecular flexibility index (Phi) is 5.39. The van der Waals surface area contributed by atoms with E-state index < -0.39 is 40.8 Å². The Morgan fingerprint density at radius 3 is 1.93 bits per heavy atom. The Bertz CT molecular complexity index is 1050. The van der Waals surface area contributed by atoms with E-state index in [0.717, 1.165) is 6.07 Å². The number of carbonyl (C=O) groups is 2. The van der Waals surface area contributed by atoms with Crippen molar-refractivity contribution in [2.45, 2.75) is 0 Å². The highest BCUT2D eigenvalue weighted by Gasteiger charge is 2.17. The highest BCUT2D eigenvalue weighted by molar-refractivity contribution is 6.08. The van der Waals surface area contributed by atoms with Crippen molar-refractivity contribution in [1.82, 2.24) is 0 Å². The number of amides is 2. The van der Waals surface area contributed by atoms with Gasteiger partial charge in [-0.3, -0.25) is 9.59 Å². The van der Waals surface area contributed by atoms with Crippen LogP contribution in [0, 0.1) is 23.3 Å². The van der Waals surface area contributed by atoms with Gasteiger partial charge < -0.3 is 10.6 Å². The summed E-state index contributed by atoms with van der Waals surface area (Å²) in [5.41, 5.74) is -0.0752. The quantitative estimate of drug-likeness (QED) is 0.501. The third kappa shape index (κ3) is 4.17. The van der Waals surface area contributed by atoms with Gasteiger partial charge in [0.15, 0.2) is 17.5 Å². The van der Waals surface area contributed by atoms with Gasteiger partial charge in [0, 0.05) is 16.8 Å². The van der Waals surface area contributed by atoms with Crippen LogP contribution in [0.1, 0.15) is 20.7 Å². The molecule has 0 bridgehead atoms. The number of halogens is 4. The summed E-state index contributed by atoms with van der Waals surface area (Å²) < 4.78 is 52.8. The van der Waals surface area contributed by atoms with Crippen molar-refractivity contribution in [3.8, 4) is 0 Å². The number of hydrogen-bond acceptors (Lipinski definition) is 2. The molecule has 3 aromatic rings. The van der Waals surface area contributed by atoms with Crippen LogP contribution in [0.5, 0.6) is 0 Å². The van der Waals surface area contributed by atoms with Crippen LogP contribution in [0.3, 0.4) is 0 Å². The van der Waals surface area contributed by atoms with Crippen LogP contribution in [-0.2, 0) is 0 Å². The number of rotatable bonds is 4. The van der Waals surface area contributed by atoms with Gasteiger partial charge in [0.25, 0.3) is 11.8 Å². The van der Waals surface area contributed by atoms with Gasteiger partial charge in [-0.25, -0.2) is 17.6 Å². The second-order valence-electron chi connectivity index (χ2n) is 5.72. The zero-order valence-electron chi connectivity index (χ0n) is 14.1. The molecule has 0 atom stereocenters. The van der Waals surface area contributed by atoms with E-state index in [1.165, 1.54) is 48.5 Å². The van der Waals surface area contributed by atoms with E-state index in [2.05, 4.69) is 10.6 Å². The number of benzene rings is 3. The zero-order chi connectivity index (χ0) is 20.3. The van der Waals surface area contributed by atoms with E-state index in [4.69, 9.17) is 0 Å². The average Bonchev–Trinajstić information content (AvgIpc) is 2.70. The molecule has 0 saturated heterocycles. The van der Waals surface area contributed by atoms with Crippen LogP contribution in [0.25, 0.3) is 0 Å². The standard InChI is InChI=1S/C20H12F4N2O2/c21-13-4-6-14(7-5-13)25-19(27)11-2-1-3-12(10-11)20(28)26-16-9-8-15(22)17(23)18(16)24/h1-10H,(H,25,27)(H,26,28). The Morgan fingerprint density at radius 2 is 1.29 bits per heavy atom. The lowest BCUT2D eigenvalue weighted by Gasteiger charge is -2.09. The molecule has 0 radical (unpaired) electrons. The molecule has 0 spiro atoms. The molecule has 28 heavy (non-hydrogen) atoms. The Hall–Kier alpha value is -3.68. The molecule has 0 aliphatic carbocycles. The lowest BCUT2D eigenvalue weighted by Crippen LogP contribution is -2.16. The normalized spacial score (nSPS) is 10.4. The molecule has 0 aromatic heterocycles. The van der Waals surface area contributed by atoms with E-state index >= 15 is 0 Å². The SMILES string of the molecule is O=C(Nc1ccc(F)cc1)c1cccc(C(=O)Nc2ccc(F)c(F)c2F)c1. The number of carbonyl (C=O) groups excluding carboxylic acids is 2. The summed E-state index contributed by atoms with van der Waals surface area (Å²) in [5.74, 6) is -6.44. The second-order valence-corrected chi connectivity index (χ2v) is 5.72. The van der Waals surface area contributed by atoms with Crippen molar-refractivity contribution in [3.63, 3.8) is 0 Å². The second kappa shape index (κ2) is 7.91. The Labute approximate surface area is 156 Å². The monoisotopic (exact) mass is 388 g/mol. The fourth-order valence-electron chi connectivity index (χ4n) is 2.36. The molecule has 142 valence electrons. The van der Waals surface area contributed by atoms with E-state index in [9.17, 15) is 27.2 Å². The molecule has 2 amide bonds. The third-order valence-corrected chi connectivity index (χ3v) is 3.77. The maximum absolute atomic E-state index is 13.7. The van der Waals surface area contributed by atoms with Crippen LogP contribution in [0.4, 0.5) is 28.9 Å². The van der Waals surface area contributed by atoms with Crippen LogP contribution in [0.2, 0.25) is 0 Å². The smallest absolute Gasteiger partial charge is 0.255 e. The van der Waals surface area contributed by atoms with E-state index in [-0.39, 0.29) is 11.1 Å². The fourth-order valence-corrected chi connectivity index (χ4v) is 2.36. The van der Waals surface area contributed by atoms with Crippen LogP contribution >= 0.6 is 0 Å². The first-order valence-electron chi connectivity index (χ1n) is 7.97. The molecule has 3 rings (SSSR count). The summed E-state index contributed by atoms with van der Waals surface area (Å²) in [4.78, 5) is 24.5. The Balaban J connectivity index is 1.77. The van der Waals surface area contributed by atoms with Gasteiger partial charge in [0.2, 0.25) is 0 Å². The van der Waals surface area contributed by atoms with Crippen molar-refractivity contribution in [2.24, 2.45) is 0 Å². The van der Waals surface area contributed by atoms with E-state index in [1.54, 1.807) is 0 Å². The Morgan fingerprint density at radius 1 is 0.679 bits per heavy atom. The van der Waals surface area contributed by atoms with Gasteiger partial charge in [-0.1, -0.05) is 6.07 Å². The molecule has 0 aliphatic rings. The van der Waals surface area contributed by atoms with Crippen molar-refractivity contribution < 1.29 is 27.2 Å². The molecular weight excluding hydrogens is 376 g/mol. The number of hydrogen-bond donors (Lipinski definition) is 2. The molecule has 8 heteroatoms. The summed E-state index contributed by atoms with van der Waals surface area (Å²) >= 11 is 0. The topological polar surface area (TPSA) is 58.2 Å². The summed E-state index contributed by atoms with van der Waals surface area (Å²) in [6, 6.07) is 12.1. The largest absolute Gasteiger partial charge is 0.322 e. The third-order valence-electron chi connectivity index (χ3n) is 3.77. The van der Waals surface area contributed by atoms with Gasteiger partial charge in [-0.05, 0) is 54.6 Å². The van der Waals surface area contributed by atoms with Crippen molar-refractivity contribution >= 4 is 23.2 Å². The molecule has 0 aliphatic heterocycles. The zero-order valence-corrected chi connectivity index (χ0v) is 14.1. The average molecular weight is 388 g/mol. The first-order valence-corrected chi connectivity index (χ1v) is 7.97. The first-order chi connectivity index (χ1) is 13.3. The predicted molar refractivity (Wildman–Crippen MR) is 95.1 cm³/mol. The van der Waals surface area contributed by atoms with Crippen LogP contribution in [-0.4, -0.2) is 11.8 Å². The van der Waals surface area contributed by atoms with Gasteiger partial charge in [-0.2, -0.15) is 0 Å². The highest BCUT2D eigenvalue weighted by atomic mass is 19.2.